The van der Waals surface area contributed by atoms with Gasteiger partial charge in [-0.2, -0.15) is 0 Å². The summed E-state index contributed by atoms with van der Waals surface area (Å²) in [4.78, 5) is 11.3. The number of hydrogen-bond donors (Lipinski definition) is 2. The third-order valence-electron chi connectivity index (χ3n) is 2.12. The van der Waals surface area contributed by atoms with E-state index in [4.69, 9.17) is 10.5 Å². The van der Waals surface area contributed by atoms with Crippen LogP contribution in [0.15, 0.2) is 0 Å². The van der Waals surface area contributed by atoms with Crippen molar-refractivity contribution in [3.8, 4) is 0 Å². The number of halogens is 1. The first kappa shape index (κ1) is 18.1. The third kappa shape index (κ3) is 10.2. The predicted molar refractivity (Wildman–Crippen MR) is 68.9 cm³/mol. The Hall–Kier alpha value is -0.320. The summed E-state index contributed by atoms with van der Waals surface area (Å²) in [5.41, 5.74) is 5.64. The molecular weight excluding hydrogens is 228 g/mol. The number of nitrogens with one attached hydrogen (secondary N) is 1. The first-order valence-electron chi connectivity index (χ1n) is 5.83. The molecule has 16 heavy (non-hydrogen) atoms. The van der Waals surface area contributed by atoms with Gasteiger partial charge in [0.25, 0.3) is 0 Å². The van der Waals surface area contributed by atoms with Crippen LogP contribution in [0.25, 0.3) is 0 Å². The lowest BCUT2D eigenvalue weighted by Crippen LogP contribution is -2.41. The molecule has 0 fully saturated rings. The van der Waals surface area contributed by atoms with E-state index in [1.807, 2.05) is 6.92 Å². The fourth-order valence-corrected chi connectivity index (χ4v) is 1.17. The Morgan fingerprint density at radius 2 is 2.00 bits per heavy atom. The molecule has 3 N–H and O–H groups in total. The average Bonchev–Trinajstić information content (AvgIpc) is 2.23. The molecule has 0 radical (unpaired) electrons. The smallest absolute Gasteiger partial charge is 0.236 e. The van der Waals surface area contributed by atoms with Crippen molar-refractivity contribution in [2.45, 2.75) is 45.6 Å². The molecule has 0 rings (SSSR count). The van der Waals surface area contributed by atoms with Gasteiger partial charge in [-0.25, -0.2) is 0 Å². The van der Waals surface area contributed by atoms with Crippen LogP contribution in [0.3, 0.4) is 0 Å². The van der Waals surface area contributed by atoms with Gasteiger partial charge in [0.2, 0.25) is 5.91 Å². The number of rotatable bonds is 9. The Bertz CT molecular complexity index is 168. The minimum Gasteiger partial charge on any atom is -0.380 e. The largest absolute Gasteiger partial charge is 0.380 e. The molecule has 0 bridgehead atoms. The molecule has 0 aliphatic carbocycles. The molecule has 0 aromatic carbocycles. The highest BCUT2D eigenvalue weighted by atomic mass is 35.5. The van der Waals surface area contributed by atoms with Crippen molar-refractivity contribution in [3.63, 3.8) is 0 Å². The third-order valence-corrected chi connectivity index (χ3v) is 2.12. The van der Waals surface area contributed by atoms with Crippen molar-refractivity contribution in [1.29, 1.82) is 0 Å². The van der Waals surface area contributed by atoms with Gasteiger partial charge < -0.3 is 15.8 Å². The molecule has 0 saturated carbocycles. The van der Waals surface area contributed by atoms with Crippen molar-refractivity contribution < 1.29 is 9.53 Å². The van der Waals surface area contributed by atoms with E-state index in [0.29, 0.717) is 13.2 Å². The van der Waals surface area contributed by atoms with Crippen LogP contribution in [0, 0.1) is 0 Å². The predicted octanol–water partition coefficient (Wildman–Crippen LogP) is 1.47. The number of ether oxygens (including phenoxy) is 1. The molecule has 98 valence electrons. The maximum Gasteiger partial charge on any atom is 0.236 e. The highest BCUT2D eigenvalue weighted by molar-refractivity contribution is 5.85. The lowest BCUT2D eigenvalue weighted by molar-refractivity contribution is -0.122. The summed E-state index contributed by atoms with van der Waals surface area (Å²) in [6.45, 7) is 6.04. The van der Waals surface area contributed by atoms with Crippen LogP contribution in [0.2, 0.25) is 0 Å². The van der Waals surface area contributed by atoms with E-state index in [0.717, 1.165) is 32.3 Å². The van der Waals surface area contributed by atoms with Crippen LogP contribution in [0.5, 0.6) is 0 Å². The second-order valence-corrected chi connectivity index (χ2v) is 3.65. The molecule has 4 nitrogen and oxygen atoms in total. The zero-order chi connectivity index (χ0) is 11.5. The highest BCUT2D eigenvalue weighted by Gasteiger charge is 2.10. The van der Waals surface area contributed by atoms with E-state index in [1.54, 1.807) is 0 Å². The summed E-state index contributed by atoms with van der Waals surface area (Å²) in [5, 5.41) is 2.76. The normalized spacial score (nSPS) is 11.7. The van der Waals surface area contributed by atoms with Gasteiger partial charge in [0, 0.05) is 13.2 Å². The summed E-state index contributed by atoms with van der Waals surface area (Å²) in [5.74, 6) is -0.0732. The topological polar surface area (TPSA) is 64.3 Å². The first-order valence-corrected chi connectivity index (χ1v) is 5.83. The Morgan fingerprint density at radius 3 is 2.56 bits per heavy atom. The second-order valence-electron chi connectivity index (χ2n) is 3.65. The van der Waals surface area contributed by atoms with Gasteiger partial charge in [-0.15, -0.1) is 12.4 Å². The van der Waals surface area contributed by atoms with Gasteiger partial charge in [-0.3, -0.25) is 4.79 Å². The number of unbranched alkanes of at least 4 members (excludes halogenated alkanes) is 1. The Labute approximate surface area is 105 Å². The second kappa shape index (κ2) is 12.7. The SMILES string of the molecule is CCCCOCCNC(=O)C(N)CCC.Cl. The van der Waals surface area contributed by atoms with Gasteiger partial charge in [-0.1, -0.05) is 26.7 Å². The van der Waals surface area contributed by atoms with Crippen molar-refractivity contribution >= 4 is 18.3 Å². The zero-order valence-corrected chi connectivity index (χ0v) is 11.1. The van der Waals surface area contributed by atoms with Crippen molar-refractivity contribution in [2.75, 3.05) is 19.8 Å². The maximum absolute atomic E-state index is 11.3. The van der Waals surface area contributed by atoms with Crippen molar-refractivity contribution in [3.05, 3.63) is 0 Å². The molecule has 1 unspecified atom stereocenters. The molecular formula is C11H25ClN2O2. The Morgan fingerprint density at radius 1 is 1.31 bits per heavy atom. The van der Waals surface area contributed by atoms with Gasteiger partial charge >= 0.3 is 0 Å². The molecule has 0 aromatic rings. The molecule has 0 aromatic heterocycles. The number of amides is 1. The first-order chi connectivity index (χ1) is 7.22. The van der Waals surface area contributed by atoms with Crippen LogP contribution in [-0.2, 0) is 9.53 Å². The number of carbonyl (C=O) groups excluding carboxylic acids is 1. The summed E-state index contributed by atoms with van der Waals surface area (Å²) < 4.78 is 5.31. The van der Waals surface area contributed by atoms with Crippen LogP contribution < -0.4 is 11.1 Å². The molecule has 1 atom stereocenters. The Balaban J connectivity index is 0. The standard InChI is InChI=1S/C11H24N2O2.ClH/c1-3-5-8-15-9-7-13-11(14)10(12)6-4-2;/h10H,3-9,12H2,1-2H3,(H,13,14);1H. The quantitative estimate of drug-likeness (QED) is 0.611. The molecule has 1 amide bonds. The van der Waals surface area contributed by atoms with E-state index in [1.165, 1.54) is 0 Å². The van der Waals surface area contributed by atoms with Crippen LogP contribution in [0.1, 0.15) is 39.5 Å². The number of nitrogens with two attached hydrogens (primary N) is 1. The highest BCUT2D eigenvalue weighted by Crippen LogP contribution is 1.92. The molecule has 5 heteroatoms. The minimum absolute atomic E-state index is 0. The van der Waals surface area contributed by atoms with Gasteiger partial charge in [0.05, 0.1) is 12.6 Å². The van der Waals surface area contributed by atoms with Gasteiger partial charge in [0.15, 0.2) is 0 Å². The lowest BCUT2D eigenvalue weighted by atomic mass is 10.2. The van der Waals surface area contributed by atoms with Crippen molar-refractivity contribution in [2.24, 2.45) is 5.73 Å². The molecule has 0 aliphatic rings. The summed E-state index contributed by atoms with van der Waals surface area (Å²) in [7, 11) is 0. The molecule has 0 aliphatic heterocycles. The number of carbonyl (C=O) groups is 1. The maximum atomic E-state index is 11.3. The van der Waals surface area contributed by atoms with E-state index in [2.05, 4.69) is 12.2 Å². The van der Waals surface area contributed by atoms with E-state index in [9.17, 15) is 4.79 Å². The number of hydrogen-bond acceptors (Lipinski definition) is 3. The summed E-state index contributed by atoms with van der Waals surface area (Å²) in [6, 6.07) is -0.370. The summed E-state index contributed by atoms with van der Waals surface area (Å²) >= 11 is 0. The molecule has 0 heterocycles. The van der Waals surface area contributed by atoms with Gasteiger partial charge in [-0.05, 0) is 12.8 Å². The zero-order valence-electron chi connectivity index (χ0n) is 10.3. The summed E-state index contributed by atoms with van der Waals surface area (Å²) in [6.07, 6.45) is 3.88. The van der Waals surface area contributed by atoms with Crippen LogP contribution >= 0.6 is 12.4 Å². The lowest BCUT2D eigenvalue weighted by Gasteiger charge is -2.11. The fraction of sp³-hybridized carbons (Fsp3) is 0.909. The van der Waals surface area contributed by atoms with Crippen LogP contribution in [-0.4, -0.2) is 31.7 Å². The minimum atomic E-state index is -0.370. The van der Waals surface area contributed by atoms with Crippen molar-refractivity contribution in [1.82, 2.24) is 5.32 Å². The monoisotopic (exact) mass is 252 g/mol. The molecule has 0 spiro atoms. The Kier molecular flexibility index (Phi) is 14.4. The van der Waals surface area contributed by atoms with Gasteiger partial charge in [0.1, 0.15) is 0 Å². The average molecular weight is 253 g/mol. The van der Waals surface area contributed by atoms with E-state index in [-0.39, 0.29) is 24.4 Å². The molecule has 0 saturated heterocycles. The fourth-order valence-electron chi connectivity index (χ4n) is 1.17. The van der Waals surface area contributed by atoms with Crippen LogP contribution in [0.4, 0.5) is 0 Å². The van der Waals surface area contributed by atoms with E-state index < -0.39 is 0 Å². The van der Waals surface area contributed by atoms with E-state index >= 15 is 0 Å².